The Hall–Kier alpha value is -4.47. The molecule has 3 heterocycles. The lowest BCUT2D eigenvalue weighted by molar-refractivity contribution is 0.0963. The van der Waals surface area contributed by atoms with Crippen molar-refractivity contribution in [2.45, 2.75) is 6.92 Å². The molecule has 0 radical (unpaired) electrons. The van der Waals surface area contributed by atoms with E-state index in [0.29, 0.717) is 11.5 Å². The fraction of sp³-hybridized carbons (Fsp3) is 0.136. The van der Waals surface area contributed by atoms with Gasteiger partial charge in [-0.25, -0.2) is 4.99 Å². The summed E-state index contributed by atoms with van der Waals surface area (Å²) in [5.41, 5.74) is 6.69. The number of aryl methyl sites for hydroxylation is 1. The lowest BCUT2D eigenvalue weighted by Gasteiger charge is -2.08. The minimum Gasteiger partial charge on any atom is -0.462 e. The molecule has 10 heteroatoms. The molecule has 0 fully saturated rings. The number of nitrogens with two attached hydrogens (primary N) is 1. The van der Waals surface area contributed by atoms with Gasteiger partial charge in [0.2, 0.25) is 0 Å². The first-order valence-electron chi connectivity index (χ1n) is 9.53. The third kappa shape index (κ3) is 5.17. The minimum absolute atomic E-state index is 0.0621. The van der Waals surface area contributed by atoms with E-state index in [4.69, 9.17) is 10.5 Å². The lowest BCUT2D eigenvalue weighted by Crippen LogP contribution is -2.32. The second-order valence-electron chi connectivity index (χ2n) is 6.86. The van der Waals surface area contributed by atoms with Crippen molar-refractivity contribution < 1.29 is 9.53 Å². The molecule has 0 aromatic carbocycles. The number of hydrogen-bond acceptors (Lipinski definition) is 7. The minimum atomic E-state index is -0.619. The van der Waals surface area contributed by atoms with Gasteiger partial charge in [0, 0.05) is 38.1 Å². The predicted molar refractivity (Wildman–Crippen MR) is 122 cm³/mol. The molecule has 0 aliphatic rings. The summed E-state index contributed by atoms with van der Waals surface area (Å²) in [5.74, 6) is 0.910. The normalized spacial score (nSPS) is 11.8. The van der Waals surface area contributed by atoms with E-state index in [1.54, 1.807) is 42.2 Å². The Kier molecular flexibility index (Phi) is 6.64. The van der Waals surface area contributed by atoms with Crippen LogP contribution in [0.4, 0.5) is 5.82 Å². The zero-order valence-electron chi connectivity index (χ0n) is 17.9. The smallest absolute Gasteiger partial charge is 0.264 e. The van der Waals surface area contributed by atoms with E-state index >= 15 is 0 Å². The largest absolute Gasteiger partial charge is 0.462 e. The maximum Gasteiger partial charge on any atom is 0.264 e. The van der Waals surface area contributed by atoms with Crippen LogP contribution in [0.1, 0.15) is 17.3 Å². The molecule has 0 bridgehead atoms. The molecule has 1 amide bonds. The van der Waals surface area contributed by atoms with E-state index in [9.17, 15) is 9.59 Å². The van der Waals surface area contributed by atoms with Crippen molar-refractivity contribution in [3.8, 4) is 17.0 Å². The number of allylic oxidation sites excluding steroid dienone is 3. The molecule has 0 unspecified atom stereocenters. The summed E-state index contributed by atoms with van der Waals surface area (Å²) in [5, 5.41) is 6.68. The maximum absolute atomic E-state index is 12.4. The molecule has 0 saturated heterocycles. The SMILES string of the molecule is C=N/C(=C\C=C(/C)Oc1ccnc(-c2cnn(C)c2)c1)NC(=O)c1ccc(N)n(C)c1=O. The van der Waals surface area contributed by atoms with Crippen LogP contribution in [0.5, 0.6) is 5.75 Å². The first-order valence-corrected chi connectivity index (χ1v) is 9.53. The van der Waals surface area contributed by atoms with E-state index < -0.39 is 11.5 Å². The molecule has 0 aliphatic carbocycles. The molecule has 3 aromatic rings. The van der Waals surface area contributed by atoms with E-state index in [2.05, 4.69) is 27.1 Å². The number of anilines is 1. The van der Waals surface area contributed by atoms with Gasteiger partial charge in [-0.2, -0.15) is 5.10 Å². The Morgan fingerprint density at radius 3 is 2.75 bits per heavy atom. The van der Waals surface area contributed by atoms with Crippen molar-refractivity contribution in [3.05, 3.63) is 82.5 Å². The Labute approximate surface area is 184 Å². The van der Waals surface area contributed by atoms with Crippen LogP contribution in [0, 0.1) is 0 Å². The summed E-state index contributed by atoms with van der Waals surface area (Å²) >= 11 is 0. The molecule has 3 rings (SSSR count). The number of nitrogen functional groups attached to an aromatic ring is 1. The Balaban J connectivity index is 1.72. The maximum atomic E-state index is 12.4. The van der Waals surface area contributed by atoms with Gasteiger partial charge in [0.25, 0.3) is 11.5 Å². The third-order valence-corrected chi connectivity index (χ3v) is 4.49. The number of carbonyl (C=O) groups excluding carboxylic acids is 1. The van der Waals surface area contributed by atoms with Gasteiger partial charge in [0.1, 0.15) is 28.7 Å². The molecular weight excluding hydrogens is 410 g/mol. The molecule has 3 N–H and O–H groups in total. The number of aromatic nitrogens is 4. The summed E-state index contributed by atoms with van der Waals surface area (Å²) in [4.78, 5) is 32.8. The van der Waals surface area contributed by atoms with Gasteiger partial charge in [0.15, 0.2) is 0 Å². The van der Waals surface area contributed by atoms with Crippen LogP contribution in [0.3, 0.4) is 0 Å². The molecule has 0 spiro atoms. The van der Waals surface area contributed by atoms with Crippen LogP contribution in [-0.4, -0.2) is 32.0 Å². The van der Waals surface area contributed by atoms with E-state index in [0.717, 1.165) is 11.3 Å². The molecule has 0 saturated carbocycles. The number of pyridine rings is 2. The van der Waals surface area contributed by atoms with E-state index in [-0.39, 0.29) is 17.2 Å². The highest BCUT2D eigenvalue weighted by atomic mass is 16.5. The number of ether oxygens (including phenoxy) is 1. The van der Waals surface area contributed by atoms with Gasteiger partial charge in [0.05, 0.1) is 11.9 Å². The molecule has 3 aromatic heterocycles. The first-order chi connectivity index (χ1) is 15.3. The van der Waals surface area contributed by atoms with Gasteiger partial charge in [-0.15, -0.1) is 0 Å². The van der Waals surface area contributed by atoms with Crippen LogP contribution in [0.2, 0.25) is 0 Å². The van der Waals surface area contributed by atoms with Crippen molar-refractivity contribution in [1.29, 1.82) is 0 Å². The molecule has 0 atom stereocenters. The Morgan fingerprint density at radius 2 is 2.06 bits per heavy atom. The summed E-state index contributed by atoms with van der Waals surface area (Å²) in [6.45, 7) is 5.20. The quantitative estimate of drug-likeness (QED) is 0.333. The second kappa shape index (κ2) is 9.56. The number of amides is 1. The molecule has 32 heavy (non-hydrogen) atoms. The summed E-state index contributed by atoms with van der Waals surface area (Å²) in [6, 6.07) is 6.37. The van der Waals surface area contributed by atoms with E-state index in [1.165, 1.54) is 29.8 Å². The molecule has 10 nitrogen and oxygen atoms in total. The highest BCUT2D eigenvalue weighted by Crippen LogP contribution is 2.22. The van der Waals surface area contributed by atoms with Gasteiger partial charge < -0.3 is 15.8 Å². The fourth-order valence-electron chi connectivity index (χ4n) is 2.74. The first kappa shape index (κ1) is 22.2. The number of nitrogens with one attached hydrogen (secondary N) is 1. The number of hydrogen-bond donors (Lipinski definition) is 2. The third-order valence-electron chi connectivity index (χ3n) is 4.49. The molecular formula is C22H23N7O3. The average Bonchev–Trinajstić information content (AvgIpc) is 3.21. The Bertz CT molecular complexity index is 1280. The van der Waals surface area contributed by atoms with Gasteiger partial charge in [-0.1, -0.05) is 0 Å². The number of nitrogens with zero attached hydrogens (tertiary/aromatic N) is 5. The van der Waals surface area contributed by atoms with E-state index in [1.807, 2.05) is 13.2 Å². The zero-order chi connectivity index (χ0) is 23.3. The number of rotatable bonds is 7. The van der Waals surface area contributed by atoms with Crippen LogP contribution in [-0.2, 0) is 14.1 Å². The van der Waals surface area contributed by atoms with Crippen molar-refractivity contribution in [2.75, 3.05) is 5.73 Å². The number of aliphatic imine (C=N–C) groups is 1. The standard InChI is InChI=1S/C22H23N7O3/c1-14(32-16-9-10-25-18(11-16)15-12-26-28(3)13-15)5-8-20(24-2)27-21(30)17-6-7-19(23)29(4)22(17)31/h5-13H,2,23H2,1,3-4H3,(H,27,30)/b14-5+,20-8+. The average molecular weight is 433 g/mol. The van der Waals surface area contributed by atoms with Crippen LogP contribution in [0.15, 0.2) is 76.4 Å². The molecule has 0 aliphatic heterocycles. The topological polar surface area (TPSA) is 129 Å². The van der Waals surface area contributed by atoms with Crippen LogP contribution in [0.25, 0.3) is 11.3 Å². The zero-order valence-corrected chi connectivity index (χ0v) is 17.9. The lowest BCUT2D eigenvalue weighted by atomic mass is 10.2. The van der Waals surface area contributed by atoms with Crippen molar-refractivity contribution >= 4 is 18.4 Å². The fourth-order valence-corrected chi connectivity index (χ4v) is 2.74. The van der Waals surface area contributed by atoms with Gasteiger partial charge in [-0.05, 0) is 44.0 Å². The van der Waals surface area contributed by atoms with Crippen molar-refractivity contribution in [1.82, 2.24) is 24.6 Å². The van der Waals surface area contributed by atoms with Crippen molar-refractivity contribution in [2.24, 2.45) is 19.1 Å². The summed E-state index contributed by atoms with van der Waals surface area (Å²) in [6.07, 6.45) is 8.36. The molecule has 164 valence electrons. The van der Waals surface area contributed by atoms with Gasteiger partial charge >= 0.3 is 0 Å². The Morgan fingerprint density at radius 1 is 1.28 bits per heavy atom. The second-order valence-corrected chi connectivity index (χ2v) is 6.86. The van der Waals surface area contributed by atoms with Crippen molar-refractivity contribution in [3.63, 3.8) is 0 Å². The summed E-state index contributed by atoms with van der Waals surface area (Å²) < 4.78 is 8.70. The van der Waals surface area contributed by atoms with Crippen LogP contribution < -0.4 is 21.3 Å². The number of carbonyl (C=O) groups is 1. The summed E-state index contributed by atoms with van der Waals surface area (Å²) in [7, 11) is 3.32. The monoisotopic (exact) mass is 433 g/mol. The van der Waals surface area contributed by atoms with Crippen LogP contribution >= 0.6 is 0 Å². The highest BCUT2D eigenvalue weighted by molar-refractivity contribution is 5.95. The van der Waals surface area contributed by atoms with Gasteiger partial charge in [-0.3, -0.25) is 23.8 Å². The predicted octanol–water partition coefficient (Wildman–Crippen LogP) is 2.02. The highest BCUT2D eigenvalue weighted by Gasteiger charge is 2.13.